The molecule has 23 heavy (non-hydrogen) atoms. The van der Waals surface area contributed by atoms with Crippen LogP contribution < -0.4 is 15.5 Å². The first-order chi connectivity index (χ1) is 10.6. The first kappa shape index (κ1) is 22.3. The summed E-state index contributed by atoms with van der Waals surface area (Å²) in [5.74, 6) is 1.73. The van der Waals surface area contributed by atoms with Gasteiger partial charge in [0, 0.05) is 34.2 Å². The number of thioether (sulfide) groups is 1. The van der Waals surface area contributed by atoms with Crippen LogP contribution in [0.15, 0.2) is 23.2 Å². The van der Waals surface area contributed by atoms with Crippen molar-refractivity contribution in [2.45, 2.75) is 19.4 Å². The number of anilines is 1. The third-order valence-electron chi connectivity index (χ3n) is 3.25. The summed E-state index contributed by atoms with van der Waals surface area (Å²) in [5.41, 5.74) is 1.49. The van der Waals surface area contributed by atoms with Crippen molar-refractivity contribution in [3.63, 3.8) is 0 Å². The van der Waals surface area contributed by atoms with Gasteiger partial charge in [0.1, 0.15) is 5.82 Å². The van der Waals surface area contributed by atoms with E-state index < -0.39 is 0 Å². The predicted molar refractivity (Wildman–Crippen MR) is 112 cm³/mol. The monoisotopic (exact) mass is 454 g/mol. The Labute approximate surface area is 160 Å². The molecule has 0 fully saturated rings. The van der Waals surface area contributed by atoms with Crippen molar-refractivity contribution in [2.75, 3.05) is 44.6 Å². The highest BCUT2D eigenvalue weighted by atomic mass is 127. The van der Waals surface area contributed by atoms with E-state index in [0.29, 0.717) is 12.2 Å². The van der Waals surface area contributed by atoms with E-state index in [2.05, 4.69) is 21.9 Å². The minimum Gasteiger partial charge on any atom is -0.375 e. The van der Waals surface area contributed by atoms with Gasteiger partial charge in [-0.2, -0.15) is 11.8 Å². The van der Waals surface area contributed by atoms with Crippen molar-refractivity contribution < 1.29 is 4.39 Å². The summed E-state index contributed by atoms with van der Waals surface area (Å²) in [6.07, 6.45) is 4.44. The zero-order valence-corrected chi connectivity index (χ0v) is 17.5. The number of nitrogens with zero attached hydrogens (tertiary/aromatic N) is 2. The fourth-order valence-electron chi connectivity index (χ4n) is 2.01. The van der Waals surface area contributed by atoms with E-state index in [1.54, 1.807) is 24.1 Å². The summed E-state index contributed by atoms with van der Waals surface area (Å²) in [4.78, 5) is 5.94. The maximum absolute atomic E-state index is 13.9. The molecule has 0 saturated heterocycles. The normalized spacial score (nSPS) is 10.9. The van der Waals surface area contributed by atoms with Crippen molar-refractivity contribution in [1.82, 2.24) is 10.6 Å². The van der Waals surface area contributed by atoms with Gasteiger partial charge < -0.3 is 15.5 Å². The van der Waals surface area contributed by atoms with E-state index >= 15 is 0 Å². The SMILES string of the molecule is CN=C(NCCCCSC)NCc1ccc(N(C)C)c(F)c1.I. The van der Waals surface area contributed by atoms with E-state index in [9.17, 15) is 4.39 Å². The van der Waals surface area contributed by atoms with Crippen molar-refractivity contribution in [2.24, 2.45) is 4.99 Å². The Bertz CT molecular complexity index is 483. The maximum Gasteiger partial charge on any atom is 0.191 e. The van der Waals surface area contributed by atoms with Gasteiger partial charge in [-0.25, -0.2) is 4.39 Å². The predicted octanol–water partition coefficient (Wildman–Crippen LogP) is 3.32. The zero-order valence-electron chi connectivity index (χ0n) is 14.4. The number of rotatable bonds is 8. The molecular weight excluding hydrogens is 426 g/mol. The fraction of sp³-hybridized carbons (Fsp3) is 0.562. The minimum atomic E-state index is -0.204. The number of benzene rings is 1. The summed E-state index contributed by atoms with van der Waals surface area (Å²) < 4.78 is 13.9. The van der Waals surface area contributed by atoms with Gasteiger partial charge in [-0.1, -0.05) is 6.07 Å². The summed E-state index contributed by atoms with van der Waals surface area (Å²) in [5, 5.41) is 6.48. The van der Waals surface area contributed by atoms with E-state index in [-0.39, 0.29) is 29.8 Å². The smallest absolute Gasteiger partial charge is 0.191 e. The highest BCUT2D eigenvalue weighted by Crippen LogP contribution is 2.18. The number of nitrogens with one attached hydrogen (secondary N) is 2. The van der Waals surface area contributed by atoms with Gasteiger partial charge in [-0.05, 0) is 42.5 Å². The molecule has 1 aromatic carbocycles. The molecule has 0 unspecified atom stereocenters. The van der Waals surface area contributed by atoms with Crippen LogP contribution in [0.4, 0.5) is 10.1 Å². The zero-order chi connectivity index (χ0) is 16.4. The van der Waals surface area contributed by atoms with Crippen molar-refractivity contribution in [3.8, 4) is 0 Å². The number of guanidine groups is 1. The molecule has 0 radical (unpaired) electrons. The Balaban J connectivity index is 0.00000484. The number of unbranched alkanes of at least 4 members (excludes halogenated alkanes) is 1. The molecule has 132 valence electrons. The molecule has 0 aliphatic heterocycles. The number of hydrogen-bond acceptors (Lipinski definition) is 3. The van der Waals surface area contributed by atoms with E-state index in [1.165, 1.54) is 12.2 Å². The van der Waals surface area contributed by atoms with Crippen LogP contribution in [0.1, 0.15) is 18.4 Å². The third-order valence-corrected chi connectivity index (χ3v) is 3.94. The molecule has 0 aliphatic carbocycles. The van der Waals surface area contributed by atoms with Crippen LogP contribution in [0.25, 0.3) is 0 Å². The Hall–Kier alpha value is -0.700. The Morgan fingerprint density at radius 3 is 2.57 bits per heavy atom. The fourth-order valence-corrected chi connectivity index (χ4v) is 2.50. The second kappa shape index (κ2) is 12.7. The minimum absolute atomic E-state index is 0. The second-order valence-corrected chi connectivity index (χ2v) is 6.22. The molecule has 2 N–H and O–H groups in total. The molecule has 4 nitrogen and oxygen atoms in total. The van der Waals surface area contributed by atoms with Crippen LogP contribution in [0, 0.1) is 5.82 Å². The van der Waals surface area contributed by atoms with Crippen LogP contribution >= 0.6 is 35.7 Å². The second-order valence-electron chi connectivity index (χ2n) is 5.23. The molecule has 0 aliphatic rings. The van der Waals surface area contributed by atoms with Gasteiger partial charge >= 0.3 is 0 Å². The van der Waals surface area contributed by atoms with E-state index in [4.69, 9.17) is 0 Å². The largest absolute Gasteiger partial charge is 0.375 e. The van der Waals surface area contributed by atoms with Gasteiger partial charge in [-0.3, -0.25) is 4.99 Å². The summed E-state index contributed by atoms with van der Waals surface area (Å²) in [6, 6.07) is 5.29. The van der Waals surface area contributed by atoms with Crippen molar-refractivity contribution in [1.29, 1.82) is 0 Å². The molecular formula is C16H28FIN4S. The number of aliphatic imine (C=N–C) groups is 1. The molecule has 1 aromatic rings. The lowest BCUT2D eigenvalue weighted by molar-refractivity contribution is 0.623. The lowest BCUT2D eigenvalue weighted by atomic mass is 10.2. The van der Waals surface area contributed by atoms with Crippen LogP contribution in [-0.4, -0.2) is 45.7 Å². The number of hydrogen-bond donors (Lipinski definition) is 2. The molecule has 1 rings (SSSR count). The van der Waals surface area contributed by atoms with Crippen LogP contribution in [0.2, 0.25) is 0 Å². The third kappa shape index (κ3) is 8.64. The van der Waals surface area contributed by atoms with E-state index in [0.717, 1.165) is 24.5 Å². The molecule has 0 bridgehead atoms. The van der Waals surface area contributed by atoms with Crippen LogP contribution in [0.5, 0.6) is 0 Å². The summed E-state index contributed by atoms with van der Waals surface area (Å²) in [6.45, 7) is 1.45. The van der Waals surface area contributed by atoms with Gasteiger partial charge in [0.15, 0.2) is 5.96 Å². The molecule has 0 saturated carbocycles. The van der Waals surface area contributed by atoms with Gasteiger partial charge in [0.05, 0.1) is 5.69 Å². The first-order valence-corrected chi connectivity index (χ1v) is 8.87. The summed E-state index contributed by atoms with van der Waals surface area (Å²) >= 11 is 1.87. The van der Waals surface area contributed by atoms with Crippen molar-refractivity contribution in [3.05, 3.63) is 29.6 Å². The quantitative estimate of drug-likeness (QED) is 0.274. The van der Waals surface area contributed by atoms with E-state index in [1.807, 2.05) is 31.9 Å². The highest BCUT2D eigenvalue weighted by molar-refractivity contribution is 14.0. The van der Waals surface area contributed by atoms with Crippen LogP contribution in [-0.2, 0) is 6.54 Å². The maximum atomic E-state index is 13.9. The number of halogens is 2. The Morgan fingerprint density at radius 1 is 1.26 bits per heavy atom. The topological polar surface area (TPSA) is 39.7 Å². The molecule has 0 amide bonds. The summed E-state index contributed by atoms with van der Waals surface area (Å²) in [7, 11) is 5.41. The average molecular weight is 454 g/mol. The van der Waals surface area contributed by atoms with Gasteiger partial charge in [0.2, 0.25) is 0 Å². The standard InChI is InChI=1S/C16H27FN4S.HI/c1-18-16(19-9-5-6-10-22-4)20-12-13-7-8-15(21(2)3)14(17)11-13;/h7-8,11H,5-6,9-10,12H2,1-4H3,(H2,18,19,20);1H. The Kier molecular flexibility index (Phi) is 12.3. The molecule has 0 aromatic heterocycles. The lowest BCUT2D eigenvalue weighted by Gasteiger charge is -2.15. The Morgan fingerprint density at radius 2 is 2.00 bits per heavy atom. The first-order valence-electron chi connectivity index (χ1n) is 7.47. The average Bonchev–Trinajstić information content (AvgIpc) is 2.49. The highest BCUT2D eigenvalue weighted by Gasteiger charge is 2.05. The molecule has 0 atom stereocenters. The molecule has 0 spiro atoms. The van der Waals surface area contributed by atoms with Gasteiger partial charge in [-0.15, -0.1) is 24.0 Å². The van der Waals surface area contributed by atoms with Crippen molar-refractivity contribution >= 4 is 47.4 Å². The van der Waals surface area contributed by atoms with Gasteiger partial charge in [0.25, 0.3) is 0 Å². The van der Waals surface area contributed by atoms with Crippen LogP contribution in [0.3, 0.4) is 0 Å². The molecule has 0 heterocycles. The molecule has 7 heteroatoms. The lowest BCUT2D eigenvalue weighted by Crippen LogP contribution is -2.37.